The number of hydrogen-bond donors (Lipinski definition) is 3. The number of carbonyl (C=O) groups is 1. The molecule has 0 heterocycles. The van der Waals surface area contributed by atoms with Gasteiger partial charge in [0.2, 0.25) is 0 Å². The molecule has 2 atom stereocenters. The number of ether oxygens (including phenoxy) is 1. The van der Waals surface area contributed by atoms with E-state index >= 15 is 0 Å². The smallest absolute Gasteiger partial charge is 0.407 e. The molecule has 2 aromatic rings. The molecule has 128 valence electrons. The topological polar surface area (TPSA) is 78.8 Å². The summed E-state index contributed by atoms with van der Waals surface area (Å²) in [6.07, 6.45) is -3.26. The first-order chi connectivity index (χ1) is 11.5. The standard InChI is InChI=1S/C17H17BrFNO4/c18-14-8-12(19)6-7-13(14)16(22)15(21)9-20-17(23)24-10-11-4-2-1-3-5-11/h1-8,15-16,21-22H,9-10H2,(H,20,23). The largest absolute Gasteiger partial charge is 0.445 e. The van der Waals surface area contributed by atoms with Crippen LogP contribution >= 0.6 is 15.9 Å². The van der Waals surface area contributed by atoms with Gasteiger partial charge in [0, 0.05) is 11.0 Å². The number of hydrogen-bond acceptors (Lipinski definition) is 4. The molecule has 3 N–H and O–H groups in total. The van der Waals surface area contributed by atoms with Gasteiger partial charge in [-0.2, -0.15) is 0 Å². The van der Waals surface area contributed by atoms with E-state index < -0.39 is 24.1 Å². The van der Waals surface area contributed by atoms with Gasteiger partial charge in [-0.25, -0.2) is 9.18 Å². The van der Waals surface area contributed by atoms with E-state index in [1.54, 1.807) is 0 Å². The zero-order valence-electron chi connectivity index (χ0n) is 12.7. The van der Waals surface area contributed by atoms with Crippen LogP contribution in [0.2, 0.25) is 0 Å². The van der Waals surface area contributed by atoms with Crippen molar-refractivity contribution in [3.63, 3.8) is 0 Å². The number of aliphatic hydroxyl groups excluding tert-OH is 2. The Morgan fingerprint density at radius 1 is 1.21 bits per heavy atom. The van der Waals surface area contributed by atoms with E-state index in [1.807, 2.05) is 30.3 Å². The van der Waals surface area contributed by atoms with Crippen molar-refractivity contribution in [2.24, 2.45) is 0 Å². The van der Waals surface area contributed by atoms with E-state index in [0.29, 0.717) is 10.0 Å². The fourth-order valence-corrected chi connectivity index (χ4v) is 2.61. The third kappa shape index (κ3) is 5.30. The van der Waals surface area contributed by atoms with Gasteiger partial charge in [0.1, 0.15) is 24.6 Å². The summed E-state index contributed by atoms with van der Waals surface area (Å²) >= 11 is 3.12. The number of halogens is 2. The number of amides is 1. The highest BCUT2D eigenvalue weighted by Crippen LogP contribution is 2.26. The number of rotatable bonds is 6. The van der Waals surface area contributed by atoms with Crippen LogP contribution < -0.4 is 5.32 Å². The molecule has 2 aromatic carbocycles. The molecule has 0 aliphatic heterocycles. The van der Waals surface area contributed by atoms with Crippen LogP contribution in [0.15, 0.2) is 53.0 Å². The molecule has 2 rings (SSSR count). The number of carbonyl (C=O) groups excluding carboxylic acids is 1. The maximum atomic E-state index is 13.0. The van der Waals surface area contributed by atoms with Crippen LogP contribution in [-0.2, 0) is 11.3 Å². The van der Waals surface area contributed by atoms with Crippen molar-refractivity contribution >= 4 is 22.0 Å². The monoisotopic (exact) mass is 397 g/mol. The lowest BCUT2D eigenvalue weighted by atomic mass is 10.0. The van der Waals surface area contributed by atoms with Crippen molar-refractivity contribution in [2.45, 2.75) is 18.8 Å². The van der Waals surface area contributed by atoms with Crippen LogP contribution in [0.25, 0.3) is 0 Å². The van der Waals surface area contributed by atoms with E-state index in [1.165, 1.54) is 18.2 Å². The second-order valence-electron chi connectivity index (χ2n) is 5.12. The van der Waals surface area contributed by atoms with Gasteiger partial charge in [-0.05, 0) is 23.3 Å². The van der Waals surface area contributed by atoms with Crippen molar-refractivity contribution in [1.82, 2.24) is 5.32 Å². The summed E-state index contributed by atoms with van der Waals surface area (Å²) in [5.41, 5.74) is 1.16. The Morgan fingerprint density at radius 3 is 2.58 bits per heavy atom. The first kappa shape index (κ1) is 18.4. The van der Waals surface area contributed by atoms with Crippen LogP contribution in [0.4, 0.5) is 9.18 Å². The van der Waals surface area contributed by atoms with E-state index in [9.17, 15) is 19.4 Å². The lowest BCUT2D eigenvalue weighted by Gasteiger charge is -2.19. The highest BCUT2D eigenvalue weighted by molar-refractivity contribution is 9.10. The summed E-state index contributed by atoms with van der Waals surface area (Å²) < 4.78 is 18.4. The Bertz CT molecular complexity index is 684. The average Bonchev–Trinajstić information content (AvgIpc) is 2.58. The normalized spacial score (nSPS) is 13.2. The van der Waals surface area contributed by atoms with Gasteiger partial charge < -0.3 is 20.3 Å². The molecule has 1 amide bonds. The second-order valence-corrected chi connectivity index (χ2v) is 5.97. The van der Waals surface area contributed by atoms with Crippen molar-refractivity contribution in [1.29, 1.82) is 0 Å². The van der Waals surface area contributed by atoms with Gasteiger partial charge in [0.05, 0.1) is 0 Å². The van der Waals surface area contributed by atoms with E-state index in [2.05, 4.69) is 21.2 Å². The molecule has 7 heteroatoms. The number of aliphatic hydroxyl groups is 2. The first-order valence-corrected chi connectivity index (χ1v) is 8.02. The van der Waals surface area contributed by atoms with E-state index in [0.717, 1.165) is 5.56 Å². The molecule has 0 aromatic heterocycles. The Morgan fingerprint density at radius 2 is 1.92 bits per heavy atom. The molecule has 0 aliphatic carbocycles. The quantitative estimate of drug-likeness (QED) is 0.699. The SMILES string of the molecule is O=C(NCC(O)C(O)c1ccc(F)cc1Br)OCc1ccccc1. The maximum absolute atomic E-state index is 13.0. The van der Waals surface area contributed by atoms with Crippen molar-refractivity contribution < 1.29 is 24.1 Å². The third-order valence-corrected chi connectivity index (χ3v) is 4.00. The Kier molecular flexibility index (Phi) is 6.72. The predicted molar refractivity (Wildman–Crippen MR) is 89.7 cm³/mol. The molecule has 0 bridgehead atoms. The zero-order chi connectivity index (χ0) is 17.5. The minimum absolute atomic E-state index is 0.106. The van der Waals surface area contributed by atoms with Crippen LogP contribution in [0.5, 0.6) is 0 Å². The first-order valence-electron chi connectivity index (χ1n) is 7.23. The molecule has 2 unspecified atom stereocenters. The molecule has 0 saturated carbocycles. The fraction of sp³-hybridized carbons (Fsp3) is 0.235. The van der Waals surface area contributed by atoms with Gasteiger partial charge >= 0.3 is 6.09 Å². The molecule has 0 aliphatic rings. The van der Waals surface area contributed by atoms with Crippen molar-refractivity contribution in [3.05, 3.63) is 69.9 Å². The summed E-state index contributed by atoms with van der Waals surface area (Å²) in [6.45, 7) is -0.104. The van der Waals surface area contributed by atoms with Gasteiger partial charge in [0.15, 0.2) is 0 Å². The molecule has 0 spiro atoms. The van der Waals surface area contributed by atoms with Crippen LogP contribution in [0, 0.1) is 5.82 Å². The van der Waals surface area contributed by atoms with Gasteiger partial charge in [-0.1, -0.05) is 52.3 Å². The highest BCUT2D eigenvalue weighted by atomic mass is 79.9. The van der Waals surface area contributed by atoms with Crippen LogP contribution in [0.1, 0.15) is 17.2 Å². The Balaban J connectivity index is 1.81. The molecule has 0 saturated heterocycles. The summed E-state index contributed by atoms with van der Waals surface area (Å²) in [5, 5.41) is 22.4. The summed E-state index contributed by atoms with van der Waals surface area (Å²) in [4.78, 5) is 11.6. The third-order valence-electron chi connectivity index (χ3n) is 3.31. The summed E-state index contributed by atoms with van der Waals surface area (Å²) in [7, 11) is 0. The highest BCUT2D eigenvalue weighted by Gasteiger charge is 2.21. The maximum Gasteiger partial charge on any atom is 0.407 e. The minimum atomic E-state index is -1.28. The lowest BCUT2D eigenvalue weighted by molar-refractivity contribution is 0.0179. The minimum Gasteiger partial charge on any atom is -0.445 e. The van der Waals surface area contributed by atoms with E-state index in [-0.39, 0.29) is 13.2 Å². The number of nitrogens with one attached hydrogen (secondary N) is 1. The average molecular weight is 398 g/mol. The molecule has 5 nitrogen and oxygen atoms in total. The Labute approximate surface area is 147 Å². The number of alkyl carbamates (subject to hydrolysis) is 1. The van der Waals surface area contributed by atoms with Gasteiger partial charge in [0.25, 0.3) is 0 Å². The predicted octanol–water partition coefficient (Wildman–Crippen LogP) is 2.91. The fourth-order valence-electron chi connectivity index (χ4n) is 2.02. The molecule has 0 fully saturated rings. The van der Waals surface area contributed by atoms with Crippen molar-refractivity contribution in [2.75, 3.05) is 6.54 Å². The summed E-state index contributed by atoms with van der Waals surface area (Å²) in [5.74, 6) is -0.463. The molecular formula is C17H17BrFNO4. The van der Waals surface area contributed by atoms with E-state index in [4.69, 9.17) is 4.74 Å². The van der Waals surface area contributed by atoms with Gasteiger partial charge in [-0.3, -0.25) is 0 Å². The molecular weight excluding hydrogens is 381 g/mol. The molecule has 24 heavy (non-hydrogen) atoms. The van der Waals surface area contributed by atoms with Crippen molar-refractivity contribution in [3.8, 4) is 0 Å². The number of benzene rings is 2. The van der Waals surface area contributed by atoms with Gasteiger partial charge in [-0.15, -0.1) is 0 Å². The summed E-state index contributed by atoms with van der Waals surface area (Å²) in [6, 6.07) is 12.9. The molecule has 0 radical (unpaired) electrons. The lowest BCUT2D eigenvalue weighted by Crippen LogP contribution is -2.35. The Hall–Kier alpha value is -1.96. The van der Waals surface area contributed by atoms with Crippen LogP contribution in [-0.4, -0.2) is 29.0 Å². The second kappa shape index (κ2) is 8.77. The zero-order valence-corrected chi connectivity index (χ0v) is 14.2. The van der Waals surface area contributed by atoms with Crippen LogP contribution in [0.3, 0.4) is 0 Å².